The van der Waals surface area contributed by atoms with Gasteiger partial charge in [0.1, 0.15) is 11.4 Å². The van der Waals surface area contributed by atoms with Crippen LogP contribution in [-0.4, -0.2) is 89.8 Å². The summed E-state index contributed by atoms with van der Waals surface area (Å²) in [6, 6.07) is 6.75. The molecule has 0 atom stereocenters. The monoisotopic (exact) mass is 537 g/mol. The lowest BCUT2D eigenvalue weighted by atomic mass is 10.0. The zero-order valence-corrected chi connectivity index (χ0v) is 23.3. The van der Waals surface area contributed by atoms with Crippen molar-refractivity contribution in [2.24, 2.45) is 0 Å². The van der Waals surface area contributed by atoms with Gasteiger partial charge in [-0.15, -0.1) is 0 Å². The SMILES string of the molecule is CCONC(=O)c1cc(OC)cc(-c2cc3cnc(NCCCN4CCN(CC)CC4)nc3n(CC)c2=O)c1. The molecule has 4 rings (SSSR count). The van der Waals surface area contributed by atoms with E-state index in [2.05, 4.69) is 37.5 Å². The molecular weight excluding hydrogens is 498 g/mol. The maximum atomic E-state index is 13.6. The number of piperazine rings is 1. The van der Waals surface area contributed by atoms with Crippen LogP contribution in [0.5, 0.6) is 5.75 Å². The minimum Gasteiger partial charge on any atom is -0.497 e. The molecule has 39 heavy (non-hydrogen) atoms. The lowest BCUT2D eigenvalue weighted by molar-refractivity contribution is 0.0364. The van der Waals surface area contributed by atoms with Crippen LogP contribution in [0.15, 0.2) is 35.3 Å². The number of nitrogens with one attached hydrogen (secondary N) is 2. The molecule has 2 N–H and O–H groups in total. The van der Waals surface area contributed by atoms with Gasteiger partial charge in [-0.2, -0.15) is 4.98 Å². The number of amides is 1. The Bertz CT molecular complexity index is 1340. The van der Waals surface area contributed by atoms with Crippen LogP contribution in [0.4, 0.5) is 5.95 Å². The van der Waals surface area contributed by atoms with E-state index in [-0.39, 0.29) is 5.56 Å². The predicted molar refractivity (Wildman–Crippen MR) is 152 cm³/mol. The van der Waals surface area contributed by atoms with Crippen molar-refractivity contribution in [3.05, 3.63) is 46.4 Å². The van der Waals surface area contributed by atoms with Crippen LogP contribution >= 0.6 is 0 Å². The van der Waals surface area contributed by atoms with Gasteiger partial charge in [0.15, 0.2) is 0 Å². The summed E-state index contributed by atoms with van der Waals surface area (Å²) in [5.74, 6) is 0.541. The number of likely N-dealkylation sites (N-methyl/N-ethyl adjacent to an activating group) is 1. The summed E-state index contributed by atoms with van der Waals surface area (Å²) in [7, 11) is 1.52. The van der Waals surface area contributed by atoms with Crippen molar-refractivity contribution in [1.29, 1.82) is 0 Å². The molecule has 210 valence electrons. The maximum absolute atomic E-state index is 13.6. The summed E-state index contributed by atoms with van der Waals surface area (Å²) in [6.07, 6.45) is 2.72. The number of fused-ring (bicyclic) bond motifs is 1. The zero-order chi connectivity index (χ0) is 27.8. The topological polar surface area (TPSA) is 114 Å². The van der Waals surface area contributed by atoms with Crippen molar-refractivity contribution in [2.45, 2.75) is 33.7 Å². The summed E-state index contributed by atoms with van der Waals surface area (Å²) < 4.78 is 7.03. The van der Waals surface area contributed by atoms with E-state index in [4.69, 9.17) is 9.57 Å². The van der Waals surface area contributed by atoms with Crippen LogP contribution in [0.25, 0.3) is 22.2 Å². The van der Waals surface area contributed by atoms with Crippen molar-refractivity contribution < 1.29 is 14.4 Å². The highest BCUT2D eigenvalue weighted by molar-refractivity contribution is 5.95. The van der Waals surface area contributed by atoms with Crippen LogP contribution < -0.4 is 21.1 Å². The second kappa shape index (κ2) is 13.5. The summed E-state index contributed by atoms with van der Waals surface area (Å²) in [4.78, 5) is 45.3. The molecule has 11 nitrogen and oxygen atoms in total. The van der Waals surface area contributed by atoms with Gasteiger partial charge in [0, 0.05) is 62.0 Å². The molecule has 1 amide bonds. The van der Waals surface area contributed by atoms with Gasteiger partial charge in [0.25, 0.3) is 11.5 Å². The van der Waals surface area contributed by atoms with E-state index in [1.54, 1.807) is 42.0 Å². The summed E-state index contributed by atoms with van der Waals surface area (Å²) in [5, 5.41) is 4.05. The number of carbonyl (C=O) groups is 1. The molecule has 3 heterocycles. The molecule has 2 aromatic heterocycles. The Labute approximate surface area is 229 Å². The van der Waals surface area contributed by atoms with Crippen LogP contribution in [0.2, 0.25) is 0 Å². The lowest BCUT2D eigenvalue weighted by Gasteiger charge is -2.33. The maximum Gasteiger partial charge on any atom is 0.274 e. The molecule has 1 aliphatic heterocycles. The first kappa shape index (κ1) is 28.5. The van der Waals surface area contributed by atoms with Gasteiger partial charge in [-0.05, 0) is 63.2 Å². The number of benzene rings is 1. The van der Waals surface area contributed by atoms with Gasteiger partial charge in [-0.1, -0.05) is 6.92 Å². The molecule has 1 saturated heterocycles. The molecule has 0 bridgehead atoms. The Morgan fingerprint density at radius 2 is 1.79 bits per heavy atom. The van der Waals surface area contributed by atoms with Crippen molar-refractivity contribution in [3.8, 4) is 16.9 Å². The molecule has 3 aromatic rings. The molecule has 1 fully saturated rings. The first-order valence-corrected chi connectivity index (χ1v) is 13.7. The fourth-order valence-electron chi connectivity index (χ4n) is 4.78. The highest BCUT2D eigenvalue weighted by Crippen LogP contribution is 2.26. The van der Waals surface area contributed by atoms with E-state index in [9.17, 15) is 9.59 Å². The quantitative estimate of drug-likeness (QED) is 0.266. The summed E-state index contributed by atoms with van der Waals surface area (Å²) in [5.41, 5.74) is 4.07. The standard InChI is InChI=1S/C28H39N7O4/c1-5-33-11-13-34(14-12-33)10-8-9-29-28-30-19-22-18-24(27(37)35(6-2)25(22)31-28)20-15-21(17-23(16-20)38-4)26(36)32-39-7-3/h15-19H,5-14H2,1-4H3,(H,32,36)(H,29,30,31). The number of nitrogens with zero attached hydrogens (tertiary/aromatic N) is 5. The van der Waals surface area contributed by atoms with Crippen LogP contribution in [0, 0.1) is 0 Å². The molecule has 0 saturated carbocycles. The third-order valence-electron chi connectivity index (χ3n) is 7.01. The van der Waals surface area contributed by atoms with Crippen LogP contribution in [-0.2, 0) is 11.4 Å². The number of pyridine rings is 1. The third kappa shape index (κ3) is 6.92. The van der Waals surface area contributed by atoms with E-state index in [1.807, 2.05) is 6.92 Å². The number of rotatable bonds is 12. The Morgan fingerprint density at radius 3 is 2.49 bits per heavy atom. The van der Waals surface area contributed by atoms with Gasteiger partial charge in [-0.3, -0.25) is 19.0 Å². The van der Waals surface area contributed by atoms with E-state index < -0.39 is 5.91 Å². The Morgan fingerprint density at radius 1 is 1.03 bits per heavy atom. The average molecular weight is 538 g/mol. The van der Waals surface area contributed by atoms with E-state index in [0.717, 1.165) is 57.6 Å². The number of hydrogen-bond acceptors (Lipinski definition) is 9. The third-order valence-corrected chi connectivity index (χ3v) is 7.01. The highest BCUT2D eigenvalue weighted by Gasteiger charge is 2.17. The summed E-state index contributed by atoms with van der Waals surface area (Å²) >= 11 is 0. The number of carbonyl (C=O) groups excluding carboxylic acids is 1. The van der Waals surface area contributed by atoms with Crippen molar-refractivity contribution in [3.63, 3.8) is 0 Å². The second-order valence-electron chi connectivity index (χ2n) is 9.45. The highest BCUT2D eigenvalue weighted by atomic mass is 16.6. The smallest absolute Gasteiger partial charge is 0.274 e. The van der Waals surface area contributed by atoms with Gasteiger partial charge < -0.3 is 19.9 Å². The number of hydroxylamine groups is 1. The average Bonchev–Trinajstić information content (AvgIpc) is 2.97. The van der Waals surface area contributed by atoms with Crippen molar-refractivity contribution in [1.82, 2.24) is 29.8 Å². The lowest BCUT2D eigenvalue weighted by Crippen LogP contribution is -2.46. The molecule has 1 aliphatic rings. The molecule has 11 heteroatoms. The Kier molecular flexibility index (Phi) is 9.85. The van der Waals surface area contributed by atoms with Gasteiger partial charge in [-0.25, -0.2) is 10.5 Å². The van der Waals surface area contributed by atoms with E-state index >= 15 is 0 Å². The van der Waals surface area contributed by atoms with Crippen molar-refractivity contribution in [2.75, 3.05) is 64.8 Å². The van der Waals surface area contributed by atoms with E-state index in [0.29, 0.717) is 47.2 Å². The Hall–Kier alpha value is -3.54. The minimum atomic E-state index is -0.420. The van der Waals surface area contributed by atoms with Crippen LogP contribution in [0.1, 0.15) is 37.6 Å². The molecule has 0 radical (unpaired) electrons. The molecule has 0 aliphatic carbocycles. The number of ether oxygens (including phenoxy) is 1. The zero-order valence-electron chi connectivity index (χ0n) is 23.3. The fraction of sp³-hybridized carbons (Fsp3) is 0.500. The van der Waals surface area contributed by atoms with Crippen molar-refractivity contribution >= 4 is 22.9 Å². The van der Waals surface area contributed by atoms with Gasteiger partial charge in [0.05, 0.1) is 13.7 Å². The first-order valence-electron chi connectivity index (χ1n) is 13.7. The molecule has 0 unspecified atom stereocenters. The van der Waals surface area contributed by atoms with Crippen LogP contribution in [0.3, 0.4) is 0 Å². The molecular formula is C28H39N7O4. The number of hydrogen-bond donors (Lipinski definition) is 2. The predicted octanol–water partition coefficient (Wildman–Crippen LogP) is 2.61. The largest absolute Gasteiger partial charge is 0.497 e. The fourth-order valence-corrected chi connectivity index (χ4v) is 4.78. The summed E-state index contributed by atoms with van der Waals surface area (Å²) in [6.45, 7) is 14.0. The molecule has 0 spiro atoms. The second-order valence-corrected chi connectivity index (χ2v) is 9.45. The normalized spacial score (nSPS) is 14.5. The van der Waals surface area contributed by atoms with E-state index in [1.165, 1.54) is 7.11 Å². The molecule has 1 aromatic carbocycles. The minimum absolute atomic E-state index is 0.203. The number of methoxy groups -OCH3 is 1. The van der Waals surface area contributed by atoms with Gasteiger partial charge >= 0.3 is 0 Å². The van der Waals surface area contributed by atoms with Gasteiger partial charge in [0.2, 0.25) is 5.95 Å². The number of anilines is 1. The number of aromatic nitrogens is 3. The Balaban J connectivity index is 1.53. The number of aryl methyl sites for hydroxylation is 1. The first-order chi connectivity index (χ1) is 19.0.